The second-order valence-electron chi connectivity index (χ2n) is 16.1. The lowest BCUT2D eigenvalue weighted by Gasteiger charge is -2.37. The molecule has 314 valence electrons. The van der Waals surface area contributed by atoms with Gasteiger partial charge in [-0.2, -0.15) is 0 Å². The average molecular weight is 830 g/mol. The molecule has 12 heteroatoms. The van der Waals surface area contributed by atoms with Crippen molar-refractivity contribution >= 4 is 35.1 Å². The molecule has 2 aliphatic rings. The third-order valence-electron chi connectivity index (χ3n) is 11.2. The Hall–Kier alpha value is -3.06. The van der Waals surface area contributed by atoms with Gasteiger partial charge in [0.25, 0.3) is 0 Å². The number of esters is 2. The maximum atomic E-state index is 13.1. The van der Waals surface area contributed by atoms with Crippen LogP contribution in [0.25, 0.3) is 0 Å². The molecule has 11 atom stereocenters. The molecule has 1 saturated heterocycles. The largest absolute Gasteiger partial charge is 0.457 e. The number of benzene rings is 2. The summed E-state index contributed by atoms with van der Waals surface area (Å²) in [6.45, 7) is 14.2. The predicted octanol–water partition coefficient (Wildman–Crippen LogP) is 7.66. The van der Waals surface area contributed by atoms with Crippen LogP contribution in [0.1, 0.15) is 85.3 Å². The van der Waals surface area contributed by atoms with Crippen LogP contribution in [-0.4, -0.2) is 83.1 Å². The molecule has 0 aliphatic carbocycles. The molecule has 4 rings (SSSR count). The molecule has 0 saturated carbocycles. The number of allylic oxidation sites excluding steroid dienone is 2. The Morgan fingerprint density at radius 2 is 1.67 bits per heavy atom. The van der Waals surface area contributed by atoms with E-state index in [0.717, 1.165) is 23.1 Å². The Labute approximate surface area is 349 Å². The van der Waals surface area contributed by atoms with Crippen molar-refractivity contribution in [3.05, 3.63) is 106 Å². The van der Waals surface area contributed by atoms with Gasteiger partial charge in [-0.25, -0.2) is 0 Å². The van der Waals surface area contributed by atoms with Gasteiger partial charge in [-0.1, -0.05) is 92.5 Å². The van der Waals surface area contributed by atoms with Gasteiger partial charge in [0.2, 0.25) is 0 Å². The lowest BCUT2D eigenvalue weighted by atomic mass is 9.84. The summed E-state index contributed by atoms with van der Waals surface area (Å²) >= 11 is 12.4. The van der Waals surface area contributed by atoms with Gasteiger partial charge in [-0.15, -0.1) is 0 Å². The minimum atomic E-state index is -1.46. The number of halogens is 2. The molecule has 0 radical (unpaired) electrons. The summed E-state index contributed by atoms with van der Waals surface area (Å²) in [6.07, 6.45) is 7.47. The number of carbonyl (C=O) groups excluding carboxylic acids is 2. The molecule has 1 fully saturated rings. The molecule has 0 amide bonds. The van der Waals surface area contributed by atoms with E-state index in [1.165, 1.54) is 6.92 Å². The van der Waals surface area contributed by atoms with Crippen LogP contribution in [0.4, 0.5) is 0 Å². The second-order valence-corrected chi connectivity index (χ2v) is 16.9. The average Bonchev–Trinajstić information content (AvgIpc) is 3.95. The number of rotatable bonds is 16. The molecule has 2 aliphatic heterocycles. The first-order chi connectivity index (χ1) is 27.0. The van der Waals surface area contributed by atoms with E-state index in [-0.39, 0.29) is 55.5 Å². The zero-order chi connectivity index (χ0) is 41.9. The Morgan fingerprint density at radius 3 is 2.25 bits per heavy atom. The molecule has 57 heavy (non-hydrogen) atoms. The van der Waals surface area contributed by atoms with Crippen molar-refractivity contribution in [2.45, 2.75) is 141 Å². The highest BCUT2D eigenvalue weighted by Gasteiger charge is 2.54. The minimum Gasteiger partial charge on any atom is -0.457 e. The number of aliphatic hydroxyl groups excluding tert-OH is 1. The summed E-state index contributed by atoms with van der Waals surface area (Å²) in [5.41, 5.74) is 0.748. The number of epoxide rings is 1. The zero-order valence-electron chi connectivity index (χ0n) is 34.5. The van der Waals surface area contributed by atoms with Gasteiger partial charge in [-0.05, 0) is 87.1 Å². The van der Waals surface area contributed by atoms with Crippen molar-refractivity contribution in [2.75, 3.05) is 7.11 Å². The SMILES string of the molecule is CC[C@H](OC)[C@@H](C)[C@H]1O[C@@H]1C(NCc1ccc(Cl)cc1)C(C)(C=CC=C(C)C1OC(=O)C[C@H](O)CC[C@@](C)(O)[C@@H](OC(C)=O)C=C[C@@H]1C)NCc1ccc(Cl)cc1. The molecule has 0 aromatic heterocycles. The summed E-state index contributed by atoms with van der Waals surface area (Å²) in [7, 11) is 1.74. The summed E-state index contributed by atoms with van der Waals surface area (Å²) in [4.78, 5) is 25.1. The Kier molecular flexibility index (Phi) is 17.4. The van der Waals surface area contributed by atoms with Crippen molar-refractivity contribution < 1.29 is 38.7 Å². The van der Waals surface area contributed by atoms with Gasteiger partial charge in [-0.3, -0.25) is 9.59 Å². The molecular weight excluding hydrogens is 767 g/mol. The Bertz CT molecular complexity index is 1690. The van der Waals surface area contributed by atoms with Crippen molar-refractivity contribution in [1.82, 2.24) is 10.6 Å². The first-order valence-electron chi connectivity index (χ1n) is 19.9. The Balaban J connectivity index is 1.71. The van der Waals surface area contributed by atoms with Crippen LogP contribution in [0.15, 0.2) is 84.5 Å². The van der Waals surface area contributed by atoms with E-state index < -0.39 is 41.4 Å². The van der Waals surface area contributed by atoms with Crippen molar-refractivity contribution in [3.63, 3.8) is 0 Å². The van der Waals surface area contributed by atoms with Crippen molar-refractivity contribution in [1.29, 1.82) is 0 Å². The number of methoxy groups -OCH3 is 1. The van der Waals surface area contributed by atoms with E-state index in [2.05, 4.69) is 37.5 Å². The molecule has 3 unspecified atom stereocenters. The number of hydrogen-bond donors (Lipinski definition) is 4. The molecule has 2 aromatic rings. The van der Waals surface area contributed by atoms with Crippen LogP contribution < -0.4 is 10.6 Å². The number of hydrogen-bond acceptors (Lipinski definition) is 10. The van der Waals surface area contributed by atoms with Crippen LogP contribution in [0.3, 0.4) is 0 Å². The van der Waals surface area contributed by atoms with Crippen molar-refractivity contribution in [3.8, 4) is 0 Å². The monoisotopic (exact) mass is 828 g/mol. The standard InChI is InChI=1S/C45H62Cl2N2O8/c1-9-37(54-8)30(4)41-42(57-41)43(48-26-32-13-17-34(46)18-14-32)44(6,49-27-33-15-19-35(47)20-16-33)23-10-11-28(2)40-29(3)12-21-38(55-31(5)50)45(7,53)24-22-36(51)25-39(52)56-40/h10-21,23,29-30,36-38,40-43,48-49,51,53H,9,22,24-27H2,1-8H3/t29-,30+,36+,37-,38-,40?,41+,42-,43?,44?,45+/m0/s1. The van der Waals surface area contributed by atoms with Gasteiger partial charge in [0.1, 0.15) is 23.9 Å². The van der Waals surface area contributed by atoms with Gasteiger partial charge >= 0.3 is 11.9 Å². The van der Waals surface area contributed by atoms with E-state index in [9.17, 15) is 19.8 Å². The summed E-state index contributed by atoms with van der Waals surface area (Å²) < 4.78 is 23.8. The first-order valence-corrected chi connectivity index (χ1v) is 20.7. The zero-order valence-corrected chi connectivity index (χ0v) is 36.1. The van der Waals surface area contributed by atoms with E-state index in [4.69, 9.17) is 42.1 Å². The van der Waals surface area contributed by atoms with Crippen LogP contribution in [0, 0.1) is 11.8 Å². The minimum absolute atomic E-state index is 0.0323. The first kappa shape index (κ1) is 46.6. The van der Waals surface area contributed by atoms with E-state index in [1.807, 2.05) is 74.5 Å². The van der Waals surface area contributed by atoms with E-state index >= 15 is 0 Å². The smallest absolute Gasteiger partial charge is 0.309 e. The molecule has 0 spiro atoms. The molecule has 0 bridgehead atoms. The third-order valence-corrected chi connectivity index (χ3v) is 11.7. The number of nitrogens with one attached hydrogen (secondary N) is 2. The quantitative estimate of drug-likeness (QED) is 0.0578. The molecule has 2 aromatic carbocycles. The van der Waals surface area contributed by atoms with Crippen LogP contribution in [-0.2, 0) is 41.6 Å². The predicted molar refractivity (Wildman–Crippen MR) is 225 cm³/mol. The topological polar surface area (TPSA) is 139 Å². The van der Waals surface area contributed by atoms with Gasteiger partial charge < -0.3 is 39.8 Å². The van der Waals surface area contributed by atoms with Crippen LogP contribution in [0.2, 0.25) is 10.0 Å². The summed E-state index contributed by atoms with van der Waals surface area (Å²) in [5.74, 6) is -1.30. The van der Waals surface area contributed by atoms with Crippen molar-refractivity contribution in [2.24, 2.45) is 11.8 Å². The number of cyclic esters (lactones) is 1. The molecule has 10 nitrogen and oxygen atoms in total. The van der Waals surface area contributed by atoms with E-state index in [1.54, 1.807) is 26.2 Å². The normalized spacial score (nSPS) is 28.7. The lowest BCUT2D eigenvalue weighted by molar-refractivity contribution is -0.157. The number of aliphatic hydroxyl groups is 2. The molecular formula is C45H62Cl2N2O8. The highest BCUT2D eigenvalue weighted by atomic mass is 35.5. The fourth-order valence-electron chi connectivity index (χ4n) is 7.58. The van der Waals surface area contributed by atoms with E-state index in [0.29, 0.717) is 23.1 Å². The van der Waals surface area contributed by atoms with Gasteiger partial charge in [0, 0.05) is 49.0 Å². The second kappa shape index (κ2) is 21.3. The maximum absolute atomic E-state index is 13.1. The number of carbonyl (C=O) groups is 2. The summed E-state index contributed by atoms with van der Waals surface area (Å²) in [6, 6.07) is 15.3. The fraction of sp³-hybridized carbons (Fsp3) is 0.556. The Morgan fingerprint density at radius 1 is 1.05 bits per heavy atom. The summed E-state index contributed by atoms with van der Waals surface area (Å²) in [5, 5.41) is 30.9. The molecule has 4 N–H and O–H groups in total. The maximum Gasteiger partial charge on any atom is 0.309 e. The number of ether oxygens (including phenoxy) is 4. The molecule has 2 heterocycles. The van der Waals surface area contributed by atoms with Crippen LogP contribution in [0.5, 0.6) is 0 Å². The highest BCUT2D eigenvalue weighted by molar-refractivity contribution is 6.30. The highest BCUT2D eigenvalue weighted by Crippen LogP contribution is 2.39. The van der Waals surface area contributed by atoms with Gasteiger partial charge in [0.05, 0.1) is 36.3 Å². The van der Waals surface area contributed by atoms with Crippen LogP contribution >= 0.6 is 23.2 Å². The van der Waals surface area contributed by atoms with Gasteiger partial charge in [0.15, 0.2) is 0 Å². The fourth-order valence-corrected chi connectivity index (χ4v) is 7.84. The lowest BCUT2D eigenvalue weighted by Crippen LogP contribution is -2.59. The third kappa shape index (κ3) is 13.8.